The van der Waals surface area contributed by atoms with E-state index >= 15 is 0 Å². The first-order valence-corrected chi connectivity index (χ1v) is 12.9. The summed E-state index contributed by atoms with van der Waals surface area (Å²) >= 11 is 5.94. The van der Waals surface area contributed by atoms with Gasteiger partial charge in [-0.25, -0.2) is 14.5 Å². The van der Waals surface area contributed by atoms with Crippen molar-refractivity contribution in [3.63, 3.8) is 0 Å². The van der Waals surface area contributed by atoms with Crippen molar-refractivity contribution in [2.75, 3.05) is 32.5 Å². The standard InChI is InChI=1S/C27H29ClN8O4/c1-16(37)30-10-11-32-25(38)20-13-22(36-23(20)24(29)34-15-35-36)18-12-21(27(40-2)33-14-18)26(39)31-9-3-4-17-5-7-19(28)8-6-17/h5-8,12-15H,3-4,9-11H2,1-2H3,(H,30,37)(H,31,39)(H,32,38)(H2,29,34,35). The van der Waals surface area contributed by atoms with Gasteiger partial charge in [0.05, 0.1) is 18.4 Å². The van der Waals surface area contributed by atoms with Crippen molar-refractivity contribution in [2.45, 2.75) is 19.8 Å². The molecule has 40 heavy (non-hydrogen) atoms. The fourth-order valence-electron chi connectivity index (χ4n) is 4.11. The average molecular weight is 565 g/mol. The minimum atomic E-state index is -0.421. The first kappa shape index (κ1) is 28.3. The molecule has 0 aliphatic carbocycles. The van der Waals surface area contributed by atoms with Gasteiger partial charge in [-0.15, -0.1) is 0 Å². The molecule has 0 radical (unpaired) electrons. The number of nitrogens with zero attached hydrogens (tertiary/aromatic N) is 4. The zero-order valence-electron chi connectivity index (χ0n) is 22.0. The minimum absolute atomic E-state index is 0.105. The number of aromatic nitrogens is 4. The van der Waals surface area contributed by atoms with Gasteiger partial charge in [-0.2, -0.15) is 5.10 Å². The van der Waals surface area contributed by atoms with Crippen LogP contribution in [0.2, 0.25) is 5.02 Å². The van der Waals surface area contributed by atoms with Crippen LogP contribution >= 0.6 is 11.6 Å². The van der Waals surface area contributed by atoms with Gasteiger partial charge < -0.3 is 26.4 Å². The first-order valence-electron chi connectivity index (χ1n) is 12.5. The van der Waals surface area contributed by atoms with Crippen molar-refractivity contribution in [3.05, 3.63) is 70.6 Å². The summed E-state index contributed by atoms with van der Waals surface area (Å²) in [6.45, 7) is 2.32. The highest BCUT2D eigenvalue weighted by Gasteiger charge is 2.22. The summed E-state index contributed by atoms with van der Waals surface area (Å²) in [5, 5.41) is 13.2. The van der Waals surface area contributed by atoms with E-state index in [0.717, 1.165) is 18.4 Å². The van der Waals surface area contributed by atoms with Crippen molar-refractivity contribution in [1.29, 1.82) is 0 Å². The van der Waals surface area contributed by atoms with Crippen LogP contribution in [0.5, 0.6) is 5.88 Å². The largest absolute Gasteiger partial charge is 0.480 e. The number of ether oxygens (including phenoxy) is 1. The van der Waals surface area contributed by atoms with Gasteiger partial charge in [-0.3, -0.25) is 14.4 Å². The third-order valence-corrected chi connectivity index (χ3v) is 6.29. The van der Waals surface area contributed by atoms with E-state index in [-0.39, 0.29) is 47.7 Å². The Balaban J connectivity index is 1.55. The number of nitrogens with one attached hydrogen (secondary N) is 3. The van der Waals surface area contributed by atoms with E-state index in [1.165, 1.54) is 31.1 Å². The van der Waals surface area contributed by atoms with E-state index in [0.29, 0.717) is 28.3 Å². The Morgan fingerprint density at radius 2 is 1.68 bits per heavy atom. The van der Waals surface area contributed by atoms with Crippen molar-refractivity contribution >= 4 is 40.7 Å². The van der Waals surface area contributed by atoms with Crippen LogP contribution in [0.25, 0.3) is 16.8 Å². The maximum atomic E-state index is 13.1. The number of amides is 3. The average Bonchev–Trinajstić information content (AvgIpc) is 3.35. The molecule has 0 aliphatic rings. The molecule has 0 atom stereocenters. The molecule has 0 fully saturated rings. The second kappa shape index (κ2) is 12.9. The fourth-order valence-corrected chi connectivity index (χ4v) is 4.24. The molecule has 0 saturated heterocycles. The maximum absolute atomic E-state index is 13.1. The van der Waals surface area contributed by atoms with Gasteiger partial charge in [0.25, 0.3) is 11.8 Å². The molecule has 0 saturated carbocycles. The second-order valence-electron chi connectivity index (χ2n) is 8.85. The lowest BCUT2D eigenvalue weighted by Crippen LogP contribution is -2.33. The molecule has 3 heterocycles. The Hall–Kier alpha value is -4.71. The second-order valence-corrected chi connectivity index (χ2v) is 9.29. The summed E-state index contributed by atoms with van der Waals surface area (Å²) in [5.74, 6) is -0.709. The molecule has 3 amide bonds. The number of aryl methyl sites for hydroxylation is 1. The number of anilines is 1. The lowest BCUT2D eigenvalue weighted by Gasteiger charge is -2.11. The molecule has 4 aromatic rings. The Bertz CT molecular complexity index is 1540. The Kier molecular flexibility index (Phi) is 9.12. The van der Waals surface area contributed by atoms with E-state index in [9.17, 15) is 14.4 Å². The number of carbonyl (C=O) groups excluding carboxylic acids is 3. The number of methoxy groups -OCH3 is 1. The number of nitrogen functional groups attached to an aromatic ring is 1. The van der Waals surface area contributed by atoms with Crippen LogP contribution in [0.4, 0.5) is 5.82 Å². The SMILES string of the molecule is COc1ncc(-c2cc(C(=O)NCCNC(C)=O)c3c(N)ncnn23)cc1C(=O)NCCCc1ccc(Cl)cc1. The van der Waals surface area contributed by atoms with Crippen LogP contribution < -0.4 is 26.4 Å². The predicted molar refractivity (Wildman–Crippen MR) is 150 cm³/mol. The number of hydrogen-bond acceptors (Lipinski definition) is 8. The van der Waals surface area contributed by atoms with Crippen molar-refractivity contribution in [3.8, 4) is 17.1 Å². The Labute approximate surface area is 235 Å². The predicted octanol–water partition coefficient (Wildman–Crippen LogP) is 2.26. The normalized spacial score (nSPS) is 10.8. The lowest BCUT2D eigenvalue weighted by atomic mass is 10.1. The molecular formula is C27H29ClN8O4. The van der Waals surface area contributed by atoms with E-state index in [4.69, 9.17) is 22.1 Å². The summed E-state index contributed by atoms with van der Waals surface area (Å²) in [5.41, 5.74) is 8.98. The molecule has 5 N–H and O–H groups in total. The molecule has 12 nitrogen and oxygen atoms in total. The number of pyridine rings is 1. The molecular weight excluding hydrogens is 536 g/mol. The first-order chi connectivity index (χ1) is 19.3. The minimum Gasteiger partial charge on any atom is -0.480 e. The summed E-state index contributed by atoms with van der Waals surface area (Å²) < 4.78 is 6.81. The fraction of sp³-hybridized carbons (Fsp3) is 0.259. The Morgan fingerprint density at radius 1 is 0.975 bits per heavy atom. The molecule has 13 heteroatoms. The van der Waals surface area contributed by atoms with Gasteiger partial charge in [0.1, 0.15) is 17.4 Å². The van der Waals surface area contributed by atoms with Gasteiger partial charge in [0.2, 0.25) is 11.8 Å². The monoisotopic (exact) mass is 564 g/mol. The number of fused-ring (bicyclic) bond motifs is 1. The van der Waals surface area contributed by atoms with Crippen LogP contribution in [0.1, 0.15) is 39.6 Å². The van der Waals surface area contributed by atoms with Crippen LogP contribution in [0, 0.1) is 0 Å². The summed E-state index contributed by atoms with van der Waals surface area (Å²) in [4.78, 5) is 45.5. The topological polar surface area (TPSA) is 166 Å². The summed E-state index contributed by atoms with van der Waals surface area (Å²) in [6, 6.07) is 10.8. The third kappa shape index (κ3) is 6.64. The van der Waals surface area contributed by atoms with Crippen molar-refractivity contribution in [2.24, 2.45) is 0 Å². The number of rotatable bonds is 11. The number of carbonyl (C=O) groups is 3. The molecule has 0 spiro atoms. The molecule has 3 aromatic heterocycles. The maximum Gasteiger partial charge on any atom is 0.256 e. The van der Waals surface area contributed by atoms with Crippen LogP contribution in [-0.4, -0.2) is 64.0 Å². The van der Waals surface area contributed by atoms with E-state index in [1.807, 2.05) is 24.3 Å². The summed E-state index contributed by atoms with van der Waals surface area (Å²) in [6.07, 6.45) is 4.30. The molecule has 0 bridgehead atoms. The van der Waals surface area contributed by atoms with Gasteiger partial charge in [0, 0.05) is 43.3 Å². The number of nitrogens with two attached hydrogens (primary N) is 1. The van der Waals surface area contributed by atoms with Gasteiger partial charge in [-0.05, 0) is 42.7 Å². The van der Waals surface area contributed by atoms with Crippen LogP contribution in [-0.2, 0) is 11.2 Å². The molecule has 1 aromatic carbocycles. The van der Waals surface area contributed by atoms with Crippen molar-refractivity contribution < 1.29 is 19.1 Å². The number of halogens is 1. The summed E-state index contributed by atoms with van der Waals surface area (Å²) in [7, 11) is 1.43. The van der Waals surface area contributed by atoms with Crippen LogP contribution in [0.3, 0.4) is 0 Å². The molecule has 0 unspecified atom stereocenters. The third-order valence-electron chi connectivity index (χ3n) is 6.04. The molecule has 0 aliphatic heterocycles. The molecule has 4 rings (SSSR count). The number of benzene rings is 1. The van der Waals surface area contributed by atoms with Crippen LogP contribution in [0.15, 0.2) is 48.9 Å². The highest BCUT2D eigenvalue weighted by Crippen LogP contribution is 2.30. The lowest BCUT2D eigenvalue weighted by molar-refractivity contribution is -0.118. The zero-order chi connectivity index (χ0) is 28.6. The van der Waals surface area contributed by atoms with Crippen molar-refractivity contribution in [1.82, 2.24) is 35.5 Å². The highest BCUT2D eigenvalue weighted by atomic mass is 35.5. The Morgan fingerprint density at radius 3 is 2.40 bits per heavy atom. The number of hydrogen-bond donors (Lipinski definition) is 4. The highest BCUT2D eigenvalue weighted by molar-refractivity contribution is 6.30. The van der Waals surface area contributed by atoms with Gasteiger partial charge >= 0.3 is 0 Å². The smallest absolute Gasteiger partial charge is 0.256 e. The quantitative estimate of drug-likeness (QED) is 0.201. The van der Waals surface area contributed by atoms with E-state index in [1.54, 1.807) is 12.1 Å². The van der Waals surface area contributed by atoms with E-state index < -0.39 is 5.91 Å². The van der Waals surface area contributed by atoms with E-state index in [2.05, 4.69) is 31.0 Å². The zero-order valence-corrected chi connectivity index (χ0v) is 22.8. The van der Waals surface area contributed by atoms with Gasteiger partial charge in [0.15, 0.2) is 5.82 Å². The van der Waals surface area contributed by atoms with Gasteiger partial charge in [-0.1, -0.05) is 23.7 Å². The molecule has 208 valence electrons.